The highest BCUT2D eigenvalue weighted by molar-refractivity contribution is 7.22. The molecule has 32 heavy (non-hydrogen) atoms. The number of benzene rings is 1. The van der Waals surface area contributed by atoms with Crippen molar-refractivity contribution in [2.24, 2.45) is 7.05 Å². The smallest absolute Gasteiger partial charge is 0.265 e. The van der Waals surface area contributed by atoms with Crippen LogP contribution in [-0.4, -0.2) is 47.5 Å². The number of ether oxygens (including phenoxy) is 1. The van der Waals surface area contributed by atoms with Crippen molar-refractivity contribution in [3.63, 3.8) is 0 Å². The maximum Gasteiger partial charge on any atom is 0.265 e. The topological polar surface area (TPSA) is 76.5 Å². The zero-order chi connectivity index (χ0) is 22.7. The van der Waals surface area contributed by atoms with Crippen LogP contribution in [0.25, 0.3) is 21.0 Å². The largest absolute Gasteiger partial charge is 0.486 e. The van der Waals surface area contributed by atoms with Crippen LogP contribution in [0, 0.1) is 0 Å². The molecule has 1 aromatic carbocycles. The fourth-order valence-electron chi connectivity index (χ4n) is 3.63. The Bertz CT molecular complexity index is 1310. The van der Waals surface area contributed by atoms with E-state index in [1.165, 1.54) is 11.3 Å². The van der Waals surface area contributed by atoms with Gasteiger partial charge in [-0.15, -0.1) is 11.3 Å². The third kappa shape index (κ3) is 4.37. The van der Waals surface area contributed by atoms with Crippen molar-refractivity contribution in [1.29, 1.82) is 0 Å². The first-order valence-electron chi connectivity index (χ1n) is 10.5. The van der Waals surface area contributed by atoms with E-state index >= 15 is 0 Å². The van der Waals surface area contributed by atoms with Crippen molar-refractivity contribution >= 4 is 38.2 Å². The van der Waals surface area contributed by atoms with Gasteiger partial charge >= 0.3 is 0 Å². The number of rotatable bonds is 8. The summed E-state index contributed by atoms with van der Waals surface area (Å²) in [5.41, 5.74) is 1.56. The van der Waals surface area contributed by atoms with Gasteiger partial charge in [-0.3, -0.25) is 14.6 Å². The summed E-state index contributed by atoms with van der Waals surface area (Å²) in [5, 5.41) is 4.36. The number of aryl methyl sites for hydroxylation is 1. The van der Waals surface area contributed by atoms with Crippen LogP contribution >= 0.6 is 11.3 Å². The summed E-state index contributed by atoms with van der Waals surface area (Å²) in [5.74, 6) is 0.124. The molecule has 8 heteroatoms. The maximum absolute atomic E-state index is 13.3. The molecule has 4 aromatic rings. The number of nitrogens with one attached hydrogen (secondary N) is 1. The van der Waals surface area contributed by atoms with E-state index in [9.17, 15) is 9.59 Å². The van der Waals surface area contributed by atoms with Crippen molar-refractivity contribution in [2.75, 3.05) is 27.2 Å². The first kappa shape index (κ1) is 22.0. The minimum atomic E-state index is -0.221. The number of thiophene rings is 1. The normalized spacial score (nSPS) is 11.4. The van der Waals surface area contributed by atoms with Gasteiger partial charge < -0.3 is 19.5 Å². The van der Waals surface area contributed by atoms with Crippen LogP contribution in [0.4, 0.5) is 0 Å². The van der Waals surface area contributed by atoms with Gasteiger partial charge in [0, 0.05) is 31.4 Å². The zero-order valence-corrected chi connectivity index (χ0v) is 19.2. The molecular weight excluding hydrogens is 424 g/mol. The second kappa shape index (κ2) is 9.50. The second-order valence-electron chi connectivity index (χ2n) is 7.90. The molecule has 0 saturated heterocycles. The van der Waals surface area contributed by atoms with Crippen molar-refractivity contribution in [1.82, 2.24) is 19.8 Å². The lowest BCUT2D eigenvalue weighted by Crippen LogP contribution is -2.27. The number of amides is 1. The average Bonchev–Trinajstić information content (AvgIpc) is 3.19. The third-order valence-electron chi connectivity index (χ3n) is 5.30. The van der Waals surface area contributed by atoms with Crippen LogP contribution in [-0.2, 0) is 13.7 Å². The molecule has 0 spiro atoms. The van der Waals surface area contributed by atoms with Gasteiger partial charge in [-0.25, -0.2) is 0 Å². The molecule has 4 rings (SSSR count). The van der Waals surface area contributed by atoms with Crippen molar-refractivity contribution in [3.8, 4) is 5.75 Å². The number of carbonyl (C=O) groups is 1. The average molecular weight is 451 g/mol. The predicted octanol–water partition coefficient (Wildman–Crippen LogP) is 3.41. The summed E-state index contributed by atoms with van der Waals surface area (Å²) in [6.45, 7) is 1.67. The Hall–Kier alpha value is -3.23. The summed E-state index contributed by atoms with van der Waals surface area (Å²) in [7, 11) is 5.74. The number of aromatic nitrogens is 2. The van der Waals surface area contributed by atoms with Gasteiger partial charge in [-0.2, -0.15) is 0 Å². The molecule has 1 N–H and O–H groups in total. The van der Waals surface area contributed by atoms with E-state index < -0.39 is 0 Å². The Labute approximate surface area is 190 Å². The molecule has 0 aliphatic heterocycles. The van der Waals surface area contributed by atoms with E-state index in [2.05, 4.69) is 15.2 Å². The summed E-state index contributed by atoms with van der Waals surface area (Å²) < 4.78 is 8.51. The molecule has 7 nitrogen and oxygen atoms in total. The highest BCUT2D eigenvalue weighted by Gasteiger charge is 2.24. The Morgan fingerprint density at radius 1 is 1.19 bits per heavy atom. The van der Waals surface area contributed by atoms with Crippen LogP contribution in [0.3, 0.4) is 0 Å². The maximum atomic E-state index is 13.3. The molecule has 0 aliphatic rings. The molecule has 0 radical (unpaired) electrons. The molecular formula is C24H26N4O3S. The van der Waals surface area contributed by atoms with Crippen molar-refractivity contribution in [3.05, 3.63) is 69.6 Å². The van der Waals surface area contributed by atoms with Crippen LogP contribution in [0.2, 0.25) is 0 Å². The second-order valence-corrected chi connectivity index (χ2v) is 8.92. The van der Waals surface area contributed by atoms with Crippen LogP contribution in [0.1, 0.15) is 21.7 Å². The molecule has 0 bridgehead atoms. The lowest BCUT2D eigenvalue weighted by molar-refractivity contribution is 0.0952. The molecule has 3 aromatic heterocycles. The van der Waals surface area contributed by atoms with Gasteiger partial charge in [0.05, 0.1) is 10.2 Å². The number of pyridine rings is 2. The summed E-state index contributed by atoms with van der Waals surface area (Å²) >= 11 is 1.31. The fraction of sp³-hybridized carbons (Fsp3) is 0.292. The third-order valence-corrected chi connectivity index (χ3v) is 6.50. The van der Waals surface area contributed by atoms with Gasteiger partial charge in [0.1, 0.15) is 16.9 Å². The standard InChI is InChI=1S/C24H26N4O3S/c1-27(2)14-6-11-26-23(29)22-20(31-15-16-9-12-25-13-10-16)19-21(32-22)17-7-4-5-8-18(17)28(3)24(19)30/h4-5,7-10,12-13H,6,11,14-15H2,1-3H3,(H,26,29). The molecule has 0 aliphatic carbocycles. The molecule has 0 atom stereocenters. The number of hydrogen-bond acceptors (Lipinski definition) is 6. The first-order valence-corrected chi connectivity index (χ1v) is 11.3. The fourth-order valence-corrected chi connectivity index (χ4v) is 4.82. The SMILES string of the molecule is CN(C)CCCNC(=O)c1sc2c(c1OCc1ccncc1)c(=O)n(C)c1ccccc21. The molecule has 0 saturated carbocycles. The number of hydrogen-bond donors (Lipinski definition) is 1. The summed E-state index contributed by atoms with van der Waals surface area (Å²) in [4.78, 5) is 32.9. The number of nitrogens with zero attached hydrogens (tertiary/aromatic N) is 3. The number of carbonyl (C=O) groups excluding carboxylic acids is 1. The minimum absolute atomic E-state index is 0.175. The van der Waals surface area contributed by atoms with Gasteiger partial charge in [0.15, 0.2) is 5.75 Å². The number of para-hydroxylation sites is 1. The zero-order valence-electron chi connectivity index (χ0n) is 18.4. The van der Waals surface area contributed by atoms with Crippen LogP contribution < -0.4 is 15.6 Å². The molecule has 3 heterocycles. The Balaban J connectivity index is 1.78. The summed E-state index contributed by atoms with van der Waals surface area (Å²) in [6, 6.07) is 11.4. The highest BCUT2D eigenvalue weighted by Crippen LogP contribution is 2.39. The molecule has 0 unspecified atom stereocenters. The quantitative estimate of drug-likeness (QED) is 0.417. The van der Waals surface area contributed by atoms with E-state index in [1.54, 1.807) is 24.0 Å². The molecule has 1 amide bonds. The first-order chi connectivity index (χ1) is 15.5. The van der Waals surface area contributed by atoms with Gasteiger partial charge in [0.2, 0.25) is 0 Å². The van der Waals surface area contributed by atoms with Gasteiger partial charge in [-0.1, -0.05) is 18.2 Å². The van der Waals surface area contributed by atoms with E-state index in [-0.39, 0.29) is 18.1 Å². The predicted molar refractivity (Wildman–Crippen MR) is 129 cm³/mol. The van der Waals surface area contributed by atoms with Crippen molar-refractivity contribution < 1.29 is 9.53 Å². The minimum Gasteiger partial charge on any atom is -0.486 e. The molecule has 166 valence electrons. The van der Waals surface area contributed by atoms with Crippen LogP contribution in [0.5, 0.6) is 5.75 Å². The highest BCUT2D eigenvalue weighted by atomic mass is 32.1. The molecule has 0 fully saturated rings. The van der Waals surface area contributed by atoms with Crippen molar-refractivity contribution in [2.45, 2.75) is 13.0 Å². The lowest BCUT2D eigenvalue weighted by Gasteiger charge is -2.11. The van der Waals surface area contributed by atoms with Gasteiger partial charge in [0.25, 0.3) is 11.5 Å². The van der Waals surface area contributed by atoms with E-state index in [1.807, 2.05) is 50.5 Å². The Morgan fingerprint density at radius 2 is 1.94 bits per heavy atom. The van der Waals surface area contributed by atoms with Gasteiger partial charge in [-0.05, 0) is 50.8 Å². The lowest BCUT2D eigenvalue weighted by atomic mass is 10.1. The number of fused-ring (bicyclic) bond motifs is 3. The summed E-state index contributed by atoms with van der Waals surface area (Å²) in [6.07, 6.45) is 4.21. The van der Waals surface area contributed by atoms with Crippen LogP contribution in [0.15, 0.2) is 53.6 Å². The van der Waals surface area contributed by atoms with E-state index in [4.69, 9.17) is 4.74 Å². The Morgan fingerprint density at radius 3 is 2.69 bits per heavy atom. The van der Waals surface area contributed by atoms with E-state index in [0.29, 0.717) is 22.6 Å². The Kier molecular flexibility index (Phi) is 6.53. The monoisotopic (exact) mass is 450 g/mol. The van der Waals surface area contributed by atoms with E-state index in [0.717, 1.165) is 34.1 Å².